The summed E-state index contributed by atoms with van der Waals surface area (Å²) in [6.45, 7) is 0. The fourth-order valence-corrected chi connectivity index (χ4v) is 0. The van der Waals surface area contributed by atoms with E-state index in [1.165, 1.54) is 0 Å². The van der Waals surface area contributed by atoms with Crippen LogP contribution in [0.3, 0.4) is 0 Å². The van der Waals surface area contributed by atoms with Crippen molar-refractivity contribution in [2.75, 3.05) is 0 Å². The van der Waals surface area contributed by atoms with Crippen LogP contribution in [0, 0.1) is 0 Å². The maximum absolute atomic E-state index is 8.58. The Balaban J connectivity index is -0.0000000161. The summed E-state index contributed by atoms with van der Waals surface area (Å²) in [5, 5.41) is 0. The van der Waals surface area contributed by atoms with Gasteiger partial charge in [0, 0.05) is 0 Å². The van der Waals surface area contributed by atoms with Gasteiger partial charge < -0.3 is 0 Å². The summed E-state index contributed by atoms with van der Waals surface area (Å²) >= 11 is -20.4. The van der Waals surface area contributed by atoms with Crippen LogP contribution in [0.15, 0.2) is 0 Å². The van der Waals surface area contributed by atoms with E-state index in [2.05, 4.69) is 0 Å². The van der Waals surface area contributed by atoms with Crippen LogP contribution < -0.4 is 36.9 Å². The van der Waals surface area contributed by atoms with E-state index in [-0.39, 0.29) is 67.7 Å². The van der Waals surface area contributed by atoms with Crippen LogP contribution in [0.1, 0.15) is 0 Å². The van der Waals surface area contributed by atoms with Crippen molar-refractivity contribution < 1.29 is 214 Å². The molecule has 0 atom stereocenters. The number of hydrogen-bond acceptors (Lipinski definition) is 15. The molecule has 0 unspecified atom stereocenters. The summed E-state index contributed by atoms with van der Waals surface area (Å²) < 4.78 is 129. The normalized spacial score (nSPS) is 5.42. The first-order valence-electron chi connectivity index (χ1n) is 3.06. The fraction of sp³-hybridized carbons (Fsp3) is 0. The van der Waals surface area contributed by atoms with Crippen molar-refractivity contribution in [3.8, 4) is 0 Å². The Morgan fingerprint density at radius 1 is 0.333 bits per heavy atom. The maximum atomic E-state index is 8.58. The summed E-state index contributed by atoms with van der Waals surface area (Å²) in [4.78, 5) is 0. The van der Waals surface area contributed by atoms with Gasteiger partial charge in [0.05, 0.1) is 0 Å². The van der Waals surface area contributed by atoms with Gasteiger partial charge in [0.2, 0.25) is 0 Å². The van der Waals surface area contributed by atoms with E-state index in [1.807, 2.05) is 0 Å². The van der Waals surface area contributed by atoms with Crippen molar-refractivity contribution in [1.29, 1.82) is 0 Å². The van der Waals surface area contributed by atoms with Gasteiger partial charge in [-0.05, 0) is 0 Å². The summed E-state index contributed by atoms with van der Waals surface area (Å²) in [5.74, 6) is 0. The minimum absolute atomic E-state index is 0. The van der Waals surface area contributed by atoms with E-state index < -0.39 is 93.1 Å². The quantitative estimate of drug-likeness (QED) is 0.212. The molecule has 2 radical (unpaired) electrons. The molecule has 142 valence electrons. The van der Waals surface area contributed by atoms with Gasteiger partial charge >= 0.3 is 214 Å². The van der Waals surface area contributed by atoms with Gasteiger partial charge in [-0.25, -0.2) is 0 Å². The Bertz CT molecular complexity index is 221. The van der Waals surface area contributed by atoms with Gasteiger partial charge in [0.1, 0.15) is 0 Å². The van der Waals surface area contributed by atoms with E-state index >= 15 is 0 Å². The summed E-state index contributed by atoms with van der Waals surface area (Å²) in [6.07, 6.45) is 0. The second kappa shape index (κ2) is 50.7. The SMILES string of the molecule is [Cr+3].[Cr+3].[Ni+2].[Ni+2].[O]=[Ti]([O-])[O-].[O]=[Ti]([O-])[O-].[O]=[Ti]([O-])[O-].[O]=[Ti]([O-])[O-].[O]=[Ti]([O-])[O-]. The molecule has 24 heteroatoms. The Hall–Kier alpha value is 4.22. The number of rotatable bonds is 0. The Kier molecular flexibility index (Phi) is 119. The molecule has 0 fully saturated rings. The summed E-state index contributed by atoms with van der Waals surface area (Å²) in [6, 6.07) is 0. The van der Waals surface area contributed by atoms with E-state index in [0.717, 1.165) is 0 Å². The average Bonchev–Trinajstić information content (AvgIpc) is 1.94. The van der Waals surface area contributed by atoms with Gasteiger partial charge in [0.25, 0.3) is 0 Å². The zero-order valence-electron chi connectivity index (χ0n) is 10.1. The molecule has 0 bridgehead atoms. The first-order valence-corrected chi connectivity index (χ1v) is 12.6. The molecule has 0 saturated heterocycles. The van der Waals surface area contributed by atoms with Gasteiger partial charge in [-0.3, -0.25) is 0 Å². The van der Waals surface area contributed by atoms with Crippen LogP contribution in [0.5, 0.6) is 0 Å². The van der Waals surface area contributed by atoms with Crippen molar-refractivity contribution in [3.05, 3.63) is 0 Å². The minimum atomic E-state index is -4.08. The molecule has 0 aliphatic carbocycles. The average molecular weight is 701 g/mol. The molecular formula is Cr2Ni2O15Ti5. The van der Waals surface area contributed by atoms with Crippen LogP contribution in [0.4, 0.5) is 0 Å². The first kappa shape index (κ1) is 56.6. The molecule has 0 aromatic carbocycles. The van der Waals surface area contributed by atoms with Crippen molar-refractivity contribution >= 4 is 0 Å². The molecule has 24 heavy (non-hydrogen) atoms. The Labute approximate surface area is 210 Å². The van der Waals surface area contributed by atoms with E-state index in [4.69, 9.17) is 53.5 Å². The molecule has 0 saturated carbocycles. The molecule has 15 nitrogen and oxygen atoms in total. The third kappa shape index (κ3) is 935. The number of hydrogen-bond donors (Lipinski definition) is 0. The van der Waals surface area contributed by atoms with Gasteiger partial charge in [0.15, 0.2) is 0 Å². The molecule has 0 aromatic heterocycles. The Morgan fingerprint density at radius 2 is 0.333 bits per heavy atom. The molecule has 0 heterocycles. The second-order valence-electron chi connectivity index (χ2n) is 1.25. The topological polar surface area (TPSA) is 316 Å². The van der Waals surface area contributed by atoms with Crippen molar-refractivity contribution in [2.24, 2.45) is 0 Å². The van der Waals surface area contributed by atoms with Gasteiger partial charge in [-0.2, -0.15) is 0 Å². The molecule has 0 spiro atoms. The van der Waals surface area contributed by atoms with Crippen molar-refractivity contribution in [3.63, 3.8) is 0 Å². The standard InChI is InChI=1S/2Cr.2Ni.15O.5Ti/q2*+3;2*+2;;;;;;10*-1;;;;;. The second-order valence-corrected chi connectivity index (χ2v) is 5.15. The summed E-state index contributed by atoms with van der Waals surface area (Å²) in [5.41, 5.74) is 0. The third-order valence-corrected chi connectivity index (χ3v) is 0. The Morgan fingerprint density at radius 3 is 0.333 bits per heavy atom. The molecule has 0 aliphatic rings. The van der Waals surface area contributed by atoms with Crippen LogP contribution >= 0.6 is 0 Å². The predicted octanol–water partition coefficient (Wildman–Crippen LogP) is -12.5. The monoisotopic (exact) mass is 699 g/mol. The third-order valence-electron chi connectivity index (χ3n) is 0. The van der Waals surface area contributed by atoms with Crippen LogP contribution in [-0.4, -0.2) is 0 Å². The van der Waals surface area contributed by atoms with Gasteiger partial charge in [-0.15, -0.1) is 0 Å². The van der Waals surface area contributed by atoms with Crippen molar-refractivity contribution in [1.82, 2.24) is 0 Å². The van der Waals surface area contributed by atoms with Crippen LogP contribution in [-0.2, 0) is 177 Å². The molecule has 0 aromatic rings. The van der Waals surface area contributed by atoms with Gasteiger partial charge in [-0.1, -0.05) is 0 Å². The van der Waals surface area contributed by atoms with Crippen molar-refractivity contribution in [2.45, 2.75) is 0 Å². The van der Waals surface area contributed by atoms with E-state index in [1.54, 1.807) is 0 Å². The molecule has 0 amide bonds. The first-order chi connectivity index (χ1) is 8.66. The zero-order valence-corrected chi connectivity index (χ0v) is 22.4. The molecular weight excluding hydrogens is 701 g/mol. The summed E-state index contributed by atoms with van der Waals surface area (Å²) in [7, 11) is 0. The molecule has 0 aliphatic heterocycles. The van der Waals surface area contributed by atoms with E-state index in [9.17, 15) is 0 Å². The van der Waals surface area contributed by atoms with Crippen LogP contribution in [0.25, 0.3) is 0 Å². The molecule has 0 rings (SSSR count). The molecule has 0 N–H and O–H groups in total. The fourth-order valence-electron chi connectivity index (χ4n) is 0. The van der Waals surface area contributed by atoms with Crippen LogP contribution in [0.2, 0.25) is 0 Å². The predicted molar refractivity (Wildman–Crippen MR) is 3.43 cm³/mol. The zero-order chi connectivity index (χ0) is 17.9. The van der Waals surface area contributed by atoms with E-state index in [0.29, 0.717) is 0 Å².